The van der Waals surface area contributed by atoms with Gasteiger partial charge in [0, 0.05) is 49.8 Å². The van der Waals surface area contributed by atoms with Crippen molar-refractivity contribution in [3.8, 4) is 67.5 Å². The Morgan fingerprint density at radius 2 is 0.893 bits per heavy atom. The summed E-state index contributed by atoms with van der Waals surface area (Å²) in [6.45, 7) is 0. The third-order valence-corrected chi connectivity index (χ3v) is 10.8. The molecule has 0 aliphatic carbocycles. The molecule has 0 unspecified atom stereocenters. The quantitative estimate of drug-likeness (QED) is 0.193. The first-order valence-corrected chi connectivity index (χ1v) is 18.9. The number of anilines is 3. The second-order valence-electron chi connectivity index (χ2n) is 14.1. The summed E-state index contributed by atoms with van der Waals surface area (Å²) in [5, 5.41) is 2.42. The summed E-state index contributed by atoms with van der Waals surface area (Å²) in [7, 11) is 0. The van der Waals surface area contributed by atoms with Gasteiger partial charge in [0.05, 0.1) is 16.9 Å². The maximum absolute atomic E-state index is 4.95. The molecule has 56 heavy (non-hydrogen) atoms. The van der Waals surface area contributed by atoms with E-state index in [-0.39, 0.29) is 0 Å². The van der Waals surface area contributed by atoms with Crippen molar-refractivity contribution in [1.82, 2.24) is 19.9 Å². The molecule has 0 amide bonds. The highest BCUT2D eigenvalue weighted by Gasteiger charge is 2.29. The van der Waals surface area contributed by atoms with E-state index >= 15 is 0 Å². The maximum Gasteiger partial charge on any atom is 0.164 e. The lowest BCUT2D eigenvalue weighted by molar-refractivity contribution is 1.07. The largest absolute Gasteiger partial charge is 0.353 e. The lowest BCUT2D eigenvalue weighted by Crippen LogP contribution is -2.11. The van der Waals surface area contributed by atoms with Gasteiger partial charge in [-0.2, -0.15) is 0 Å². The standard InChI is InChI=1S/C51H33N5/c1-3-14-34(15-4-1)49-53-50(35-16-5-2-6-17-35)55-51(54-49)36-28-26-33(27-29-36)37-18-13-19-38(32-37)56-46-25-12-10-23-42(46)39-20-7-8-21-40(39)44-31-30-43-41-22-9-11-24-45(41)52-47(43)48(44)56/h1-32,52H. The third kappa shape index (κ3) is 5.29. The molecule has 5 nitrogen and oxygen atoms in total. The number of hydrogen-bond donors (Lipinski definition) is 1. The van der Waals surface area contributed by atoms with Crippen molar-refractivity contribution in [3.63, 3.8) is 0 Å². The zero-order valence-corrected chi connectivity index (χ0v) is 30.3. The van der Waals surface area contributed by atoms with Gasteiger partial charge in [0.1, 0.15) is 0 Å². The molecule has 2 aromatic heterocycles. The first kappa shape index (κ1) is 31.9. The molecule has 0 fully saturated rings. The van der Waals surface area contributed by atoms with Crippen LogP contribution in [0.15, 0.2) is 194 Å². The number of nitrogens with one attached hydrogen (secondary N) is 1. The summed E-state index contributed by atoms with van der Waals surface area (Å²) in [5.74, 6) is 1.93. The van der Waals surface area contributed by atoms with Crippen LogP contribution < -0.4 is 4.90 Å². The van der Waals surface area contributed by atoms with Crippen molar-refractivity contribution in [1.29, 1.82) is 0 Å². The fourth-order valence-electron chi connectivity index (χ4n) is 8.17. The molecule has 0 bridgehead atoms. The Bertz CT molecular complexity index is 3020. The summed E-state index contributed by atoms with van der Waals surface area (Å²) in [4.78, 5) is 21.1. The second kappa shape index (κ2) is 13.0. The molecule has 1 aliphatic heterocycles. The van der Waals surface area contributed by atoms with E-state index < -0.39 is 0 Å². The molecular formula is C51H33N5. The number of para-hydroxylation sites is 2. The van der Waals surface area contributed by atoms with E-state index in [1.54, 1.807) is 0 Å². The van der Waals surface area contributed by atoms with E-state index in [0.29, 0.717) is 17.5 Å². The van der Waals surface area contributed by atoms with Crippen LogP contribution in [0.2, 0.25) is 0 Å². The van der Waals surface area contributed by atoms with Crippen molar-refractivity contribution in [2.75, 3.05) is 4.90 Å². The molecule has 0 radical (unpaired) electrons. The second-order valence-corrected chi connectivity index (χ2v) is 14.1. The van der Waals surface area contributed by atoms with Crippen LogP contribution in [-0.4, -0.2) is 19.9 Å². The summed E-state index contributed by atoms with van der Waals surface area (Å²) in [6.07, 6.45) is 0. The molecule has 3 heterocycles. The number of H-pyrrole nitrogens is 1. The van der Waals surface area contributed by atoms with E-state index in [2.05, 4.69) is 143 Å². The van der Waals surface area contributed by atoms with Gasteiger partial charge < -0.3 is 9.88 Å². The molecule has 11 rings (SSSR count). The van der Waals surface area contributed by atoms with Crippen LogP contribution >= 0.6 is 0 Å². The Labute approximate surface area is 324 Å². The fraction of sp³-hybridized carbons (Fsp3) is 0. The molecule has 10 aromatic rings. The Morgan fingerprint density at radius 1 is 0.357 bits per heavy atom. The van der Waals surface area contributed by atoms with Gasteiger partial charge in [-0.3, -0.25) is 0 Å². The molecule has 0 saturated carbocycles. The van der Waals surface area contributed by atoms with Crippen molar-refractivity contribution in [2.24, 2.45) is 0 Å². The number of nitrogens with zero attached hydrogens (tertiary/aromatic N) is 4. The first-order valence-electron chi connectivity index (χ1n) is 18.9. The maximum atomic E-state index is 4.95. The zero-order chi connectivity index (χ0) is 37.0. The predicted molar refractivity (Wildman–Crippen MR) is 230 cm³/mol. The van der Waals surface area contributed by atoms with Crippen LogP contribution in [0, 0.1) is 0 Å². The number of aromatic nitrogens is 4. The van der Waals surface area contributed by atoms with E-state index in [9.17, 15) is 0 Å². The molecule has 262 valence electrons. The Balaban J connectivity index is 1.05. The Kier molecular flexibility index (Phi) is 7.42. The van der Waals surface area contributed by atoms with Gasteiger partial charge in [-0.25, -0.2) is 15.0 Å². The highest BCUT2D eigenvalue weighted by molar-refractivity contribution is 6.18. The van der Waals surface area contributed by atoms with E-state index in [0.717, 1.165) is 55.9 Å². The number of rotatable bonds is 5. The lowest BCUT2D eigenvalue weighted by Gasteiger charge is -2.28. The number of aromatic amines is 1. The molecule has 0 saturated heterocycles. The van der Waals surface area contributed by atoms with E-state index in [1.807, 2.05) is 60.7 Å². The minimum atomic E-state index is 0.637. The van der Waals surface area contributed by atoms with E-state index in [4.69, 9.17) is 15.0 Å². The minimum Gasteiger partial charge on any atom is -0.353 e. The summed E-state index contributed by atoms with van der Waals surface area (Å²) in [6, 6.07) is 68.3. The summed E-state index contributed by atoms with van der Waals surface area (Å²) >= 11 is 0. The van der Waals surface area contributed by atoms with Crippen molar-refractivity contribution >= 4 is 38.9 Å². The smallest absolute Gasteiger partial charge is 0.164 e. The molecule has 5 heteroatoms. The van der Waals surface area contributed by atoms with Gasteiger partial charge in [0.2, 0.25) is 0 Å². The average molecular weight is 716 g/mol. The third-order valence-electron chi connectivity index (χ3n) is 10.8. The van der Waals surface area contributed by atoms with Crippen molar-refractivity contribution in [3.05, 3.63) is 194 Å². The summed E-state index contributed by atoms with van der Waals surface area (Å²) < 4.78 is 0. The molecule has 0 spiro atoms. The Morgan fingerprint density at radius 3 is 1.59 bits per heavy atom. The van der Waals surface area contributed by atoms with Crippen molar-refractivity contribution < 1.29 is 0 Å². The predicted octanol–water partition coefficient (Wildman–Crippen LogP) is 13.3. The van der Waals surface area contributed by atoms with Crippen LogP contribution in [0.5, 0.6) is 0 Å². The van der Waals surface area contributed by atoms with Gasteiger partial charge in [-0.1, -0.05) is 170 Å². The van der Waals surface area contributed by atoms with Crippen LogP contribution in [-0.2, 0) is 0 Å². The number of hydrogen-bond acceptors (Lipinski definition) is 4. The number of fused-ring (bicyclic) bond motifs is 9. The fourth-order valence-corrected chi connectivity index (χ4v) is 8.17. The molecule has 0 atom stereocenters. The Hall–Kier alpha value is -7.63. The van der Waals surface area contributed by atoms with Crippen molar-refractivity contribution in [2.45, 2.75) is 0 Å². The van der Waals surface area contributed by atoms with Crippen LogP contribution in [0.3, 0.4) is 0 Å². The first-order chi connectivity index (χ1) is 27.8. The van der Waals surface area contributed by atoms with Crippen LogP contribution in [0.4, 0.5) is 17.1 Å². The van der Waals surface area contributed by atoms with Gasteiger partial charge in [-0.15, -0.1) is 0 Å². The molecular weight excluding hydrogens is 683 g/mol. The average Bonchev–Trinajstić information content (AvgIpc) is 3.61. The minimum absolute atomic E-state index is 0.637. The molecule has 1 N–H and O–H groups in total. The van der Waals surface area contributed by atoms with E-state index in [1.165, 1.54) is 33.0 Å². The molecule has 1 aliphatic rings. The zero-order valence-electron chi connectivity index (χ0n) is 30.3. The van der Waals surface area contributed by atoms with Crippen LogP contribution in [0.25, 0.3) is 89.4 Å². The number of benzene rings is 8. The molecule has 8 aromatic carbocycles. The van der Waals surface area contributed by atoms with Gasteiger partial charge in [0.25, 0.3) is 0 Å². The van der Waals surface area contributed by atoms with Gasteiger partial charge >= 0.3 is 0 Å². The monoisotopic (exact) mass is 715 g/mol. The lowest BCUT2D eigenvalue weighted by atomic mass is 9.94. The highest BCUT2D eigenvalue weighted by atomic mass is 15.2. The van der Waals surface area contributed by atoms with Gasteiger partial charge in [0.15, 0.2) is 17.5 Å². The van der Waals surface area contributed by atoms with Gasteiger partial charge in [-0.05, 0) is 46.5 Å². The highest BCUT2D eigenvalue weighted by Crippen LogP contribution is 2.53. The normalized spacial score (nSPS) is 11.9. The van der Waals surface area contributed by atoms with Crippen LogP contribution in [0.1, 0.15) is 0 Å². The SMILES string of the molecule is c1ccc(-c2nc(-c3ccccc3)nc(-c3ccc(-c4cccc(N5c6ccccc6-c6ccccc6-c6ccc7c([nH]c8ccccc87)c65)c4)cc3)n2)cc1. The summed E-state index contributed by atoms with van der Waals surface area (Å²) in [5.41, 5.74) is 15.5. The topological polar surface area (TPSA) is 57.7 Å².